The molecule has 1 N–H and O–H groups in total. The first kappa shape index (κ1) is 9.57. The van der Waals surface area contributed by atoms with Gasteiger partial charge in [-0.1, -0.05) is 0 Å². The Hall–Kier alpha value is -0.980. The topological polar surface area (TPSA) is 56.7 Å². The van der Waals surface area contributed by atoms with Gasteiger partial charge in [0.2, 0.25) is 5.01 Å². The summed E-state index contributed by atoms with van der Waals surface area (Å²) >= 11 is 1.27. The van der Waals surface area contributed by atoms with Crippen molar-refractivity contribution in [3.05, 3.63) is 15.6 Å². The molecule has 0 saturated carbocycles. The van der Waals surface area contributed by atoms with Crippen LogP contribution in [0.25, 0.3) is 0 Å². The Morgan fingerprint density at radius 2 is 2.07 bits per heavy atom. The Bertz CT molecular complexity index is 349. The molecule has 0 spiro atoms. The van der Waals surface area contributed by atoms with Gasteiger partial charge in [-0.25, -0.2) is 19.8 Å². The summed E-state index contributed by atoms with van der Waals surface area (Å²) in [5, 5.41) is 13.0. The number of carbonyl (C=O) groups is 1. The van der Waals surface area contributed by atoms with E-state index in [0.29, 0.717) is 6.54 Å². The molecule has 14 heavy (non-hydrogen) atoms. The molecule has 5 nitrogen and oxygen atoms in total. The Kier molecular flexibility index (Phi) is 2.26. The molecule has 76 valence electrons. The number of hydrogen-bond acceptors (Lipinski definition) is 5. The summed E-state index contributed by atoms with van der Waals surface area (Å²) in [6.45, 7) is 1.44. The van der Waals surface area contributed by atoms with Crippen LogP contribution in [-0.2, 0) is 13.1 Å². The maximum Gasteiger partial charge on any atom is 0.365 e. The van der Waals surface area contributed by atoms with Crippen molar-refractivity contribution >= 4 is 17.3 Å². The SMILES string of the molecule is CN1Cc2nc(C(=O)O)sc2CN1C. The van der Waals surface area contributed by atoms with Crippen LogP contribution in [0.2, 0.25) is 0 Å². The minimum atomic E-state index is -0.935. The van der Waals surface area contributed by atoms with E-state index in [9.17, 15) is 4.79 Å². The third-order valence-electron chi connectivity index (χ3n) is 2.30. The lowest BCUT2D eigenvalue weighted by atomic mass is 10.3. The number of aromatic carboxylic acids is 1. The number of nitrogens with zero attached hydrogens (tertiary/aromatic N) is 3. The van der Waals surface area contributed by atoms with E-state index in [-0.39, 0.29) is 5.01 Å². The molecule has 0 bridgehead atoms. The van der Waals surface area contributed by atoms with Crippen LogP contribution in [0.5, 0.6) is 0 Å². The standard InChI is InChI=1S/C8H11N3O2S/c1-10-3-5-6(4-11(10)2)14-7(9-5)8(12)13/h3-4H2,1-2H3,(H,12,13). The predicted molar refractivity (Wildman–Crippen MR) is 52.0 cm³/mol. The van der Waals surface area contributed by atoms with Crippen molar-refractivity contribution in [3.63, 3.8) is 0 Å². The Morgan fingerprint density at radius 1 is 1.43 bits per heavy atom. The van der Waals surface area contributed by atoms with Gasteiger partial charge in [-0.2, -0.15) is 0 Å². The largest absolute Gasteiger partial charge is 0.476 e. The quantitative estimate of drug-likeness (QED) is 0.741. The lowest BCUT2D eigenvalue weighted by Gasteiger charge is -2.31. The Balaban J connectivity index is 2.34. The fourth-order valence-corrected chi connectivity index (χ4v) is 2.34. The van der Waals surface area contributed by atoms with Gasteiger partial charge in [-0.05, 0) is 0 Å². The number of carboxylic acids is 1. The van der Waals surface area contributed by atoms with Crippen LogP contribution in [0.4, 0.5) is 0 Å². The molecule has 0 aromatic carbocycles. The number of aromatic nitrogens is 1. The number of hydrazine groups is 1. The molecule has 1 aliphatic heterocycles. The van der Waals surface area contributed by atoms with E-state index in [4.69, 9.17) is 5.11 Å². The van der Waals surface area contributed by atoms with Gasteiger partial charge in [0, 0.05) is 25.5 Å². The lowest BCUT2D eigenvalue weighted by molar-refractivity contribution is -0.00172. The van der Waals surface area contributed by atoms with E-state index in [0.717, 1.165) is 17.1 Å². The molecule has 1 aromatic rings. The molecule has 6 heteroatoms. The van der Waals surface area contributed by atoms with Crippen molar-refractivity contribution in [3.8, 4) is 0 Å². The van der Waals surface area contributed by atoms with Crippen LogP contribution in [0.15, 0.2) is 0 Å². The van der Waals surface area contributed by atoms with Crippen LogP contribution in [-0.4, -0.2) is 40.2 Å². The molecule has 0 radical (unpaired) electrons. The summed E-state index contributed by atoms with van der Waals surface area (Å²) in [5.74, 6) is -0.935. The fraction of sp³-hybridized carbons (Fsp3) is 0.500. The van der Waals surface area contributed by atoms with E-state index in [1.54, 1.807) is 0 Å². The summed E-state index contributed by atoms with van der Waals surface area (Å²) in [6.07, 6.45) is 0. The highest BCUT2D eigenvalue weighted by molar-refractivity contribution is 7.13. The summed E-state index contributed by atoms with van der Waals surface area (Å²) in [4.78, 5) is 15.8. The van der Waals surface area contributed by atoms with Gasteiger partial charge in [0.05, 0.1) is 12.2 Å². The number of rotatable bonds is 1. The van der Waals surface area contributed by atoms with Crippen molar-refractivity contribution in [1.29, 1.82) is 0 Å². The second kappa shape index (κ2) is 3.30. The average molecular weight is 213 g/mol. The van der Waals surface area contributed by atoms with Gasteiger partial charge in [-0.15, -0.1) is 11.3 Å². The van der Waals surface area contributed by atoms with Crippen molar-refractivity contribution in [1.82, 2.24) is 15.0 Å². The first-order valence-electron chi connectivity index (χ1n) is 4.22. The highest BCUT2D eigenvalue weighted by Gasteiger charge is 2.23. The van der Waals surface area contributed by atoms with Gasteiger partial charge in [0.15, 0.2) is 0 Å². The minimum Gasteiger partial charge on any atom is -0.476 e. The molecule has 0 fully saturated rings. The van der Waals surface area contributed by atoms with Crippen LogP contribution >= 0.6 is 11.3 Å². The summed E-state index contributed by atoms with van der Waals surface area (Å²) < 4.78 is 0. The average Bonchev–Trinajstić information content (AvgIpc) is 2.48. The first-order chi connectivity index (χ1) is 6.58. The van der Waals surface area contributed by atoms with E-state index in [2.05, 4.69) is 4.98 Å². The van der Waals surface area contributed by atoms with E-state index in [1.165, 1.54) is 11.3 Å². The first-order valence-corrected chi connectivity index (χ1v) is 5.03. The van der Waals surface area contributed by atoms with Gasteiger partial charge >= 0.3 is 5.97 Å². The van der Waals surface area contributed by atoms with E-state index in [1.807, 2.05) is 24.1 Å². The smallest absolute Gasteiger partial charge is 0.365 e. The van der Waals surface area contributed by atoms with E-state index >= 15 is 0 Å². The third kappa shape index (κ3) is 1.52. The Labute approximate surface area is 85.6 Å². The monoisotopic (exact) mass is 213 g/mol. The maximum atomic E-state index is 10.7. The number of fused-ring (bicyclic) bond motifs is 1. The van der Waals surface area contributed by atoms with Gasteiger partial charge < -0.3 is 5.11 Å². The summed E-state index contributed by atoms with van der Waals surface area (Å²) in [6, 6.07) is 0. The number of hydrogen-bond donors (Lipinski definition) is 1. The Morgan fingerprint density at radius 3 is 2.71 bits per heavy atom. The highest BCUT2D eigenvalue weighted by Crippen LogP contribution is 2.25. The third-order valence-corrected chi connectivity index (χ3v) is 3.37. The minimum absolute atomic E-state index is 0.193. The summed E-state index contributed by atoms with van der Waals surface area (Å²) in [7, 11) is 3.94. The molecule has 0 amide bonds. The van der Waals surface area contributed by atoms with Crippen molar-refractivity contribution in [2.24, 2.45) is 0 Å². The van der Waals surface area contributed by atoms with Crippen LogP contribution in [0.1, 0.15) is 20.4 Å². The normalized spacial score (nSPS) is 18.1. The zero-order chi connectivity index (χ0) is 10.3. The molecule has 1 aliphatic rings. The van der Waals surface area contributed by atoms with Crippen molar-refractivity contribution in [2.45, 2.75) is 13.1 Å². The molecular formula is C8H11N3O2S. The molecule has 2 heterocycles. The van der Waals surface area contributed by atoms with Crippen molar-refractivity contribution < 1.29 is 9.90 Å². The molecule has 0 unspecified atom stereocenters. The molecular weight excluding hydrogens is 202 g/mol. The number of carboxylic acid groups (broad SMARTS) is 1. The molecule has 0 aliphatic carbocycles. The molecule has 2 rings (SSSR count). The molecule has 0 atom stereocenters. The molecule has 0 saturated heterocycles. The zero-order valence-electron chi connectivity index (χ0n) is 8.02. The second-order valence-electron chi connectivity index (χ2n) is 3.33. The van der Waals surface area contributed by atoms with E-state index < -0.39 is 5.97 Å². The summed E-state index contributed by atoms with van der Waals surface area (Å²) in [5.41, 5.74) is 0.896. The van der Waals surface area contributed by atoms with Gasteiger partial charge in [0.1, 0.15) is 0 Å². The zero-order valence-corrected chi connectivity index (χ0v) is 8.84. The lowest BCUT2D eigenvalue weighted by Crippen LogP contribution is -2.39. The fourth-order valence-electron chi connectivity index (χ4n) is 1.39. The van der Waals surface area contributed by atoms with Gasteiger partial charge in [-0.3, -0.25) is 0 Å². The predicted octanol–water partition coefficient (Wildman–Crippen LogP) is 0.633. The van der Waals surface area contributed by atoms with Crippen LogP contribution in [0, 0.1) is 0 Å². The maximum absolute atomic E-state index is 10.7. The van der Waals surface area contributed by atoms with Crippen molar-refractivity contribution in [2.75, 3.05) is 14.1 Å². The second-order valence-corrected chi connectivity index (χ2v) is 4.41. The van der Waals surface area contributed by atoms with Gasteiger partial charge in [0.25, 0.3) is 0 Å². The number of thiazole rings is 1. The van der Waals surface area contributed by atoms with Crippen LogP contribution in [0.3, 0.4) is 0 Å². The van der Waals surface area contributed by atoms with Crippen LogP contribution < -0.4 is 0 Å². The molecule has 1 aromatic heterocycles. The highest BCUT2D eigenvalue weighted by atomic mass is 32.1.